The topological polar surface area (TPSA) is 157 Å². The van der Waals surface area contributed by atoms with E-state index < -0.39 is 5.97 Å². The van der Waals surface area contributed by atoms with Crippen LogP contribution < -0.4 is 16.1 Å². The number of carboxylic acids is 1. The van der Waals surface area contributed by atoms with Crippen molar-refractivity contribution < 1.29 is 29.4 Å². The maximum atomic E-state index is 12.4. The fourth-order valence-electron chi connectivity index (χ4n) is 3.67. The molecule has 1 saturated carbocycles. The van der Waals surface area contributed by atoms with Crippen molar-refractivity contribution in [3.63, 3.8) is 0 Å². The third-order valence-corrected chi connectivity index (χ3v) is 8.41. The van der Waals surface area contributed by atoms with E-state index in [4.69, 9.17) is 10.2 Å². The molecule has 270 valence electrons. The SMILES string of the molecule is CC[C@H](C)/C=N/NC(=O)NCC1CCC(C(=O)NCc2ccc(C)cc2)CC1.CC[C@H](C)C(=O)O.CC[C@H](C)C=O.CC[C@H](C)CO. The van der Waals surface area contributed by atoms with Gasteiger partial charge in [0.05, 0.1) is 5.92 Å². The Balaban J connectivity index is 0. The summed E-state index contributed by atoms with van der Waals surface area (Å²) in [6.45, 7) is 19.3. The average molecular weight is 663 g/mol. The van der Waals surface area contributed by atoms with Crippen molar-refractivity contribution in [2.24, 2.45) is 40.6 Å². The van der Waals surface area contributed by atoms with Gasteiger partial charge in [-0.1, -0.05) is 91.6 Å². The number of carbonyl (C=O) groups is 4. The van der Waals surface area contributed by atoms with Crippen LogP contribution in [0.3, 0.4) is 0 Å². The Hall–Kier alpha value is -3.27. The van der Waals surface area contributed by atoms with Gasteiger partial charge in [0, 0.05) is 37.7 Å². The van der Waals surface area contributed by atoms with Crippen LogP contribution in [-0.4, -0.2) is 53.8 Å². The summed E-state index contributed by atoms with van der Waals surface area (Å²) in [4.78, 5) is 43.8. The van der Waals surface area contributed by atoms with Gasteiger partial charge >= 0.3 is 12.0 Å². The lowest BCUT2D eigenvalue weighted by molar-refractivity contribution is -0.141. The molecule has 5 N–H and O–H groups in total. The van der Waals surface area contributed by atoms with Crippen molar-refractivity contribution in [1.29, 1.82) is 0 Å². The molecule has 10 heteroatoms. The monoisotopic (exact) mass is 662 g/mol. The molecule has 2 rings (SSSR count). The Labute approximate surface area is 285 Å². The van der Waals surface area contributed by atoms with E-state index in [-0.39, 0.29) is 29.7 Å². The number of hydrazone groups is 1. The molecule has 0 aliphatic heterocycles. The zero-order valence-electron chi connectivity index (χ0n) is 30.7. The summed E-state index contributed by atoms with van der Waals surface area (Å²) in [6.07, 6.45) is 10.1. The first kappa shape index (κ1) is 45.9. The lowest BCUT2D eigenvalue weighted by Crippen LogP contribution is -2.38. The van der Waals surface area contributed by atoms with E-state index in [0.717, 1.165) is 63.2 Å². The van der Waals surface area contributed by atoms with Crippen molar-refractivity contribution in [2.45, 2.75) is 120 Å². The van der Waals surface area contributed by atoms with E-state index in [1.807, 2.05) is 27.7 Å². The molecule has 3 amide bonds. The van der Waals surface area contributed by atoms with Crippen LogP contribution in [0.4, 0.5) is 4.79 Å². The summed E-state index contributed by atoms with van der Waals surface area (Å²) in [5, 5.41) is 26.4. The number of aliphatic carboxylic acids is 1. The molecule has 1 aliphatic rings. The number of aliphatic hydroxyl groups excluding tert-OH is 1. The Morgan fingerprint density at radius 3 is 1.83 bits per heavy atom. The van der Waals surface area contributed by atoms with Gasteiger partial charge in [-0.3, -0.25) is 9.59 Å². The summed E-state index contributed by atoms with van der Waals surface area (Å²) >= 11 is 0. The molecule has 0 aromatic heterocycles. The number of carboxylic acid groups (broad SMARTS) is 1. The number of nitrogens with one attached hydrogen (secondary N) is 3. The highest BCUT2D eigenvalue weighted by atomic mass is 16.4. The highest BCUT2D eigenvalue weighted by molar-refractivity contribution is 5.78. The molecule has 4 atom stereocenters. The minimum Gasteiger partial charge on any atom is -0.481 e. The van der Waals surface area contributed by atoms with Gasteiger partial charge in [0.1, 0.15) is 6.29 Å². The Morgan fingerprint density at radius 1 is 0.872 bits per heavy atom. The van der Waals surface area contributed by atoms with Gasteiger partial charge in [-0.05, 0) is 75.2 Å². The number of amides is 3. The number of rotatable bonds is 14. The quantitative estimate of drug-likeness (QED) is 0.0811. The largest absolute Gasteiger partial charge is 0.481 e. The van der Waals surface area contributed by atoms with Crippen LogP contribution in [0.15, 0.2) is 29.4 Å². The first-order chi connectivity index (χ1) is 22.3. The first-order valence-corrected chi connectivity index (χ1v) is 17.5. The number of benzene rings is 1. The maximum Gasteiger partial charge on any atom is 0.335 e. The normalized spacial score (nSPS) is 17.8. The Kier molecular flexibility index (Phi) is 28.2. The fraction of sp³-hybridized carbons (Fsp3) is 0.703. The summed E-state index contributed by atoms with van der Waals surface area (Å²) in [6, 6.07) is 7.96. The highest BCUT2D eigenvalue weighted by Gasteiger charge is 2.26. The number of aliphatic hydroxyl groups is 1. The third-order valence-electron chi connectivity index (χ3n) is 8.41. The highest BCUT2D eigenvalue weighted by Crippen LogP contribution is 2.28. The molecule has 1 aliphatic carbocycles. The number of hydrogen-bond acceptors (Lipinski definition) is 6. The maximum absolute atomic E-state index is 12.4. The molecule has 47 heavy (non-hydrogen) atoms. The summed E-state index contributed by atoms with van der Waals surface area (Å²) in [5.74, 6) is 0.857. The second-order valence-electron chi connectivity index (χ2n) is 12.8. The Morgan fingerprint density at radius 2 is 1.45 bits per heavy atom. The van der Waals surface area contributed by atoms with Crippen molar-refractivity contribution in [3.8, 4) is 0 Å². The first-order valence-electron chi connectivity index (χ1n) is 17.5. The molecule has 1 aromatic rings. The molecular formula is C37H66N4O6. The lowest BCUT2D eigenvalue weighted by Gasteiger charge is -2.27. The summed E-state index contributed by atoms with van der Waals surface area (Å²) in [7, 11) is 0. The van der Waals surface area contributed by atoms with Crippen molar-refractivity contribution in [1.82, 2.24) is 16.1 Å². The number of aryl methyl sites for hydroxylation is 1. The predicted octanol–water partition coefficient (Wildman–Crippen LogP) is 7.12. The van der Waals surface area contributed by atoms with E-state index in [1.165, 1.54) is 5.56 Å². The zero-order valence-corrected chi connectivity index (χ0v) is 30.7. The van der Waals surface area contributed by atoms with Gasteiger partial charge in [0.2, 0.25) is 5.91 Å². The van der Waals surface area contributed by atoms with Crippen molar-refractivity contribution in [2.75, 3.05) is 13.2 Å². The van der Waals surface area contributed by atoms with Gasteiger partial charge in [0.25, 0.3) is 0 Å². The van der Waals surface area contributed by atoms with Crippen LogP contribution in [0, 0.1) is 42.4 Å². The number of nitrogens with zero attached hydrogens (tertiary/aromatic N) is 1. The number of hydrogen-bond donors (Lipinski definition) is 5. The van der Waals surface area contributed by atoms with E-state index in [2.05, 4.69) is 73.1 Å². The smallest absolute Gasteiger partial charge is 0.335 e. The van der Waals surface area contributed by atoms with Crippen LogP contribution in [0.25, 0.3) is 0 Å². The molecule has 0 bridgehead atoms. The van der Waals surface area contributed by atoms with Crippen molar-refractivity contribution in [3.05, 3.63) is 35.4 Å². The number of urea groups is 1. The van der Waals surface area contributed by atoms with E-state index in [0.29, 0.717) is 37.5 Å². The summed E-state index contributed by atoms with van der Waals surface area (Å²) < 4.78 is 0. The fourth-order valence-corrected chi connectivity index (χ4v) is 3.67. The van der Waals surface area contributed by atoms with Crippen molar-refractivity contribution >= 4 is 30.4 Å². The van der Waals surface area contributed by atoms with Gasteiger partial charge in [-0.25, -0.2) is 10.2 Å². The molecule has 10 nitrogen and oxygen atoms in total. The number of aldehydes is 1. The molecule has 0 spiro atoms. The van der Waals surface area contributed by atoms with E-state index >= 15 is 0 Å². The molecule has 1 fully saturated rings. The number of carbonyl (C=O) groups excluding carboxylic acids is 3. The minimum absolute atomic E-state index is 0.0793. The lowest BCUT2D eigenvalue weighted by atomic mass is 9.81. The van der Waals surface area contributed by atoms with Crippen LogP contribution in [0.2, 0.25) is 0 Å². The standard InChI is InChI=1S/C22H34N4O2.C5H10O2.C5H12O.C5H10O/c1-4-16(2)13-25-26-22(28)24-15-19-9-11-20(12-10-19)21(27)23-14-18-7-5-17(3)6-8-18;1-3-4(2)5(6)7;2*1-3-5(2)4-6/h5-8,13,16,19-20H,4,9-12,14-15H2,1-3H3,(H,23,27)(H2,24,26,28);4H,3H2,1-2H3,(H,6,7);5-6H,3-4H2,1-2H3;4-5H,3H2,1-2H3/b25-13+;;;/t16-,19?,20?;4-;2*5-/m0000/s1. The van der Waals surface area contributed by atoms with Crippen LogP contribution >= 0.6 is 0 Å². The van der Waals surface area contributed by atoms with Gasteiger partial charge in [0.15, 0.2) is 0 Å². The van der Waals surface area contributed by atoms with E-state index in [1.54, 1.807) is 13.1 Å². The molecule has 0 radical (unpaired) electrons. The van der Waals surface area contributed by atoms with Gasteiger partial charge in [-0.2, -0.15) is 5.10 Å². The van der Waals surface area contributed by atoms with Crippen LogP contribution in [-0.2, 0) is 20.9 Å². The second kappa shape index (κ2) is 28.9. The van der Waals surface area contributed by atoms with Gasteiger partial charge in [-0.15, -0.1) is 0 Å². The molecule has 1 aromatic carbocycles. The van der Waals surface area contributed by atoms with E-state index in [9.17, 15) is 19.2 Å². The second-order valence-corrected chi connectivity index (χ2v) is 12.8. The molecular weight excluding hydrogens is 596 g/mol. The van der Waals surface area contributed by atoms with Crippen LogP contribution in [0.1, 0.15) is 118 Å². The predicted molar refractivity (Wildman–Crippen MR) is 192 cm³/mol. The molecule has 0 saturated heterocycles. The molecule has 0 heterocycles. The minimum atomic E-state index is -0.706. The third kappa shape index (κ3) is 25.5. The zero-order chi connectivity index (χ0) is 36.2. The Bertz CT molecular complexity index is 989. The average Bonchev–Trinajstić information content (AvgIpc) is 3.09. The van der Waals surface area contributed by atoms with Crippen LogP contribution in [0.5, 0.6) is 0 Å². The molecule has 0 unspecified atom stereocenters. The summed E-state index contributed by atoms with van der Waals surface area (Å²) in [5.41, 5.74) is 4.85. The van der Waals surface area contributed by atoms with Gasteiger partial charge < -0.3 is 25.6 Å².